The third-order valence-corrected chi connectivity index (χ3v) is 1.10. The first-order chi connectivity index (χ1) is 4.15. The summed E-state index contributed by atoms with van der Waals surface area (Å²) in [7, 11) is 0. The van der Waals surface area contributed by atoms with Crippen molar-refractivity contribution < 1.29 is 4.79 Å². The minimum absolute atomic E-state index is 0.167. The van der Waals surface area contributed by atoms with Gasteiger partial charge in [-0.1, -0.05) is 15.9 Å². The fraction of sp³-hybridized carbons (Fsp3) is 0.833. The highest BCUT2D eigenvalue weighted by molar-refractivity contribution is 9.09. The summed E-state index contributed by atoms with van der Waals surface area (Å²) < 4.78 is 0. The number of alkyl halides is 2. The van der Waals surface area contributed by atoms with Crippen LogP contribution in [0.2, 0.25) is 0 Å². The van der Waals surface area contributed by atoms with Crippen molar-refractivity contribution in [2.45, 2.75) is 20.3 Å². The highest BCUT2D eigenvalue weighted by Gasteiger charge is 1.71. The summed E-state index contributed by atoms with van der Waals surface area (Å²) in [6.45, 7) is 3.06. The Hall–Kier alpha value is 0.440. The molecule has 0 aliphatic rings. The topological polar surface area (TPSA) is 17.1 Å². The van der Waals surface area contributed by atoms with Gasteiger partial charge in [-0.2, -0.15) is 0 Å². The second-order valence-electron chi connectivity index (χ2n) is 1.64. The van der Waals surface area contributed by atoms with E-state index in [0.29, 0.717) is 0 Å². The molecule has 56 valence electrons. The van der Waals surface area contributed by atoms with Gasteiger partial charge in [-0.05, 0) is 20.3 Å². The molecule has 1 nitrogen and oxygen atoms in total. The van der Waals surface area contributed by atoms with Crippen LogP contribution in [0.4, 0.5) is 0 Å². The van der Waals surface area contributed by atoms with Crippen molar-refractivity contribution in [1.29, 1.82) is 0 Å². The van der Waals surface area contributed by atoms with E-state index in [1.54, 1.807) is 0 Å². The number of hydrogen-bond acceptors (Lipinski definition) is 1. The van der Waals surface area contributed by atoms with Crippen molar-refractivity contribution in [3.05, 3.63) is 0 Å². The first-order valence-electron chi connectivity index (χ1n) is 2.74. The Morgan fingerprint density at radius 3 is 1.89 bits per heavy atom. The van der Waals surface area contributed by atoms with Crippen molar-refractivity contribution in [1.82, 2.24) is 0 Å². The van der Waals surface area contributed by atoms with Gasteiger partial charge in [0.05, 0.1) is 0 Å². The van der Waals surface area contributed by atoms with Crippen LogP contribution in [0.15, 0.2) is 0 Å². The molecule has 0 saturated heterocycles. The lowest BCUT2D eigenvalue weighted by Crippen LogP contribution is -1.70. The number of rotatable bonds is 2. The highest BCUT2D eigenvalue weighted by Crippen LogP contribution is 1.87. The fourth-order valence-electron chi connectivity index (χ4n) is 0.0505. The van der Waals surface area contributed by atoms with Gasteiger partial charge in [0, 0.05) is 11.2 Å². The average molecular weight is 216 g/mol. The molecule has 0 aliphatic heterocycles. The maximum atomic E-state index is 9.44. The predicted molar refractivity (Wildman–Crippen MR) is 45.5 cm³/mol. The Morgan fingerprint density at radius 1 is 1.56 bits per heavy atom. The third-order valence-electron chi connectivity index (χ3n) is 0.267. The van der Waals surface area contributed by atoms with E-state index < -0.39 is 0 Å². The normalized spacial score (nSPS) is 7.56. The molecule has 0 unspecified atom stereocenters. The summed E-state index contributed by atoms with van der Waals surface area (Å²) in [5, 5.41) is 1.02. The zero-order chi connectivity index (χ0) is 7.70. The number of hydrogen-bond donors (Lipinski definition) is 0. The van der Waals surface area contributed by atoms with E-state index in [9.17, 15) is 4.79 Å². The predicted octanol–water partition coefficient (Wildman–Crippen LogP) is 2.61. The zero-order valence-electron chi connectivity index (χ0n) is 5.79. The lowest BCUT2D eigenvalue weighted by Gasteiger charge is -1.75. The monoisotopic (exact) mass is 214 g/mol. The van der Waals surface area contributed by atoms with E-state index in [2.05, 4.69) is 15.9 Å². The van der Waals surface area contributed by atoms with E-state index in [4.69, 9.17) is 11.6 Å². The first kappa shape index (κ1) is 12.1. The van der Waals surface area contributed by atoms with Crippen molar-refractivity contribution in [2.24, 2.45) is 0 Å². The van der Waals surface area contributed by atoms with E-state index in [-0.39, 0.29) is 5.78 Å². The summed E-state index contributed by atoms with van der Waals surface area (Å²) in [5.74, 6) is 0.936. The van der Waals surface area contributed by atoms with Crippen LogP contribution in [-0.2, 0) is 4.79 Å². The second-order valence-corrected chi connectivity index (χ2v) is 2.81. The molecule has 0 saturated carbocycles. The molecular weight excluding hydrogens is 203 g/mol. The number of Topliss-reactive ketones (excluding diaryl/α,β-unsaturated/α-hetero) is 1. The summed E-state index contributed by atoms with van der Waals surface area (Å²) in [5.41, 5.74) is 0. The quantitative estimate of drug-likeness (QED) is 0.647. The molecule has 0 aromatic carbocycles. The number of carbonyl (C=O) groups excluding carboxylic acids is 1. The van der Waals surface area contributed by atoms with Gasteiger partial charge in [0.2, 0.25) is 0 Å². The van der Waals surface area contributed by atoms with Gasteiger partial charge in [0.1, 0.15) is 5.78 Å². The van der Waals surface area contributed by atoms with E-state index in [0.717, 1.165) is 17.6 Å². The summed E-state index contributed by atoms with van der Waals surface area (Å²) in [4.78, 5) is 9.44. The van der Waals surface area contributed by atoms with Crippen LogP contribution >= 0.6 is 27.5 Å². The van der Waals surface area contributed by atoms with Gasteiger partial charge in [0.25, 0.3) is 0 Å². The smallest absolute Gasteiger partial charge is 0.126 e. The van der Waals surface area contributed by atoms with Crippen LogP contribution < -0.4 is 0 Å². The summed E-state index contributed by atoms with van der Waals surface area (Å²) in [6, 6.07) is 0. The molecule has 3 heteroatoms. The van der Waals surface area contributed by atoms with Gasteiger partial charge >= 0.3 is 0 Å². The number of halogens is 2. The van der Waals surface area contributed by atoms with Gasteiger partial charge < -0.3 is 4.79 Å². The maximum absolute atomic E-state index is 9.44. The van der Waals surface area contributed by atoms with Gasteiger partial charge in [0.15, 0.2) is 0 Å². The van der Waals surface area contributed by atoms with Crippen LogP contribution in [0.5, 0.6) is 0 Å². The second kappa shape index (κ2) is 11.3. The fourth-order valence-corrected chi connectivity index (χ4v) is 0.787. The molecule has 0 atom stereocenters. The Morgan fingerprint density at radius 2 is 1.89 bits per heavy atom. The zero-order valence-corrected chi connectivity index (χ0v) is 8.13. The Balaban J connectivity index is 0. The molecule has 0 heterocycles. The molecule has 0 aromatic rings. The molecule has 0 amide bonds. The summed E-state index contributed by atoms with van der Waals surface area (Å²) in [6.07, 6.45) is 1.07. The Labute approximate surface area is 69.9 Å². The largest absolute Gasteiger partial charge is 0.300 e. The SMILES string of the molecule is CC(C)=O.ClCCCBr. The van der Waals surface area contributed by atoms with E-state index >= 15 is 0 Å². The number of carbonyl (C=O) groups is 1. The van der Waals surface area contributed by atoms with Gasteiger partial charge in [-0.25, -0.2) is 0 Å². The van der Waals surface area contributed by atoms with Crippen LogP contribution in [0, 0.1) is 0 Å². The standard InChI is InChI=1S/C3H6BrCl.C3H6O/c4-2-1-3-5;1-3(2)4/h1-3H2;1-2H3. The van der Waals surface area contributed by atoms with E-state index in [1.165, 1.54) is 13.8 Å². The molecule has 0 fully saturated rings. The minimum atomic E-state index is 0.167. The Kier molecular flexibility index (Phi) is 15.2. The molecule has 0 N–H and O–H groups in total. The van der Waals surface area contributed by atoms with Crippen LogP contribution in [0.25, 0.3) is 0 Å². The minimum Gasteiger partial charge on any atom is -0.300 e. The summed E-state index contributed by atoms with van der Waals surface area (Å²) >= 11 is 8.50. The molecule has 0 bridgehead atoms. The van der Waals surface area contributed by atoms with Crippen LogP contribution in [-0.4, -0.2) is 17.0 Å². The molecule has 0 spiro atoms. The van der Waals surface area contributed by atoms with Gasteiger partial charge in [-0.15, -0.1) is 11.6 Å². The molecule has 0 aromatic heterocycles. The number of ketones is 1. The highest BCUT2D eigenvalue weighted by atomic mass is 79.9. The van der Waals surface area contributed by atoms with Crippen molar-refractivity contribution in [3.8, 4) is 0 Å². The average Bonchev–Trinajstić information content (AvgIpc) is 1.66. The van der Waals surface area contributed by atoms with Crippen molar-refractivity contribution >= 4 is 33.3 Å². The van der Waals surface area contributed by atoms with E-state index in [1.807, 2.05) is 0 Å². The molecule has 0 rings (SSSR count). The first-order valence-corrected chi connectivity index (χ1v) is 4.39. The molecule has 0 radical (unpaired) electrons. The van der Waals surface area contributed by atoms with Crippen LogP contribution in [0.3, 0.4) is 0 Å². The lowest BCUT2D eigenvalue weighted by atomic mass is 10.6. The lowest BCUT2D eigenvalue weighted by molar-refractivity contribution is -0.114. The third kappa shape index (κ3) is 58.8. The Bertz CT molecular complexity index is 60.1. The van der Waals surface area contributed by atoms with Crippen molar-refractivity contribution in [2.75, 3.05) is 11.2 Å². The molecule has 0 aliphatic carbocycles. The van der Waals surface area contributed by atoms with Crippen molar-refractivity contribution in [3.63, 3.8) is 0 Å². The molecule has 9 heavy (non-hydrogen) atoms. The van der Waals surface area contributed by atoms with Gasteiger partial charge in [-0.3, -0.25) is 0 Å². The van der Waals surface area contributed by atoms with Crippen LogP contribution in [0.1, 0.15) is 20.3 Å². The molecular formula is C6H12BrClO. The maximum Gasteiger partial charge on any atom is 0.126 e.